The van der Waals surface area contributed by atoms with Gasteiger partial charge >= 0.3 is 0 Å². The van der Waals surface area contributed by atoms with E-state index >= 15 is 0 Å². The summed E-state index contributed by atoms with van der Waals surface area (Å²) in [6.07, 6.45) is 0.795. The van der Waals surface area contributed by atoms with Crippen LogP contribution in [0.3, 0.4) is 0 Å². The molecule has 0 saturated heterocycles. The predicted molar refractivity (Wildman–Crippen MR) is 68.8 cm³/mol. The lowest BCUT2D eigenvalue weighted by atomic mass is 10.1. The van der Waals surface area contributed by atoms with Gasteiger partial charge in [0.2, 0.25) is 5.91 Å². The van der Waals surface area contributed by atoms with Crippen molar-refractivity contribution in [2.75, 3.05) is 6.54 Å². The van der Waals surface area contributed by atoms with Gasteiger partial charge in [0, 0.05) is 19.4 Å². The fourth-order valence-corrected chi connectivity index (χ4v) is 1.89. The SMILES string of the molecule is CC(=O)NCCC(C)c1nc2c(Cl)c(C)[nH]n2n1. The maximum absolute atomic E-state index is 10.8. The fourth-order valence-electron chi connectivity index (χ4n) is 1.73. The number of carbonyl (C=O) groups is 1. The highest BCUT2D eigenvalue weighted by Crippen LogP contribution is 2.22. The first-order valence-corrected chi connectivity index (χ1v) is 6.22. The van der Waals surface area contributed by atoms with E-state index in [0.29, 0.717) is 17.2 Å². The maximum Gasteiger partial charge on any atom is 0.216 e. The Kier molecular flexibility index (Phi) is 3.56. The lowest BCUT2D eigenvalue weighted by Gasteiger charge is -2.06. The van der Waals surface area contributed by atoms with Gasteiger partial charge in [-0.05, 0) is 13.3 Å². The Morgan fingerprint density at radius 1 is 1.61 bits per heavy atom. The minimum absolute atomic E-state index is 0.0224. The number of aromatic nitrogens is 4. The van der Waals surface area contributed by atoms with E-state index in [9.17, 15) is 4.79 Å². The second kappa shape index (κ2) is 4.97. The van der Waals surface area contributed by atoms with Crippen molar-refractivity contribution < 1.29 is 4.79 Å². The molecule has 0 saturated carbocycles. The number of fused-ring (bicyclic) bond motifs is 1. The van der Waals surface area contributed by atoms with Gasteiger partial charge in [-0.1, -0.05) is 18.5 Å². The van der Waals surface area contributed by atoms with Gasteiger partial charge in [-0.15, -0.1) is 5.10 Å². The predicted octanol–water partition coefficient (Wildman–Crippen LogP) is 1.65. The maximum atomic E-state index is 10.8. The van der Waals surface area contributed by atoms with Crippen LogP contribution in [0.1, 0.15) is 37.7 Å². The highest BCUT2D eigenvalue weighted by atomic mass is 35.5. The van der Waals surface area contributed by atoms with Gasteiger partial charge < -0.3 is 5.32 Å². The largest absolute Gasteiger partial charge is 0.356 e. The van der Waals surface area contributed by atoms with Crippen molar-refractivity contribution in [1.82, 2.24) is 25.1 Å². The summed E-state index contributed by atoms with van der Waals surface area (Å²) < 4.78 is 1.59. The van der Waals surface area contributed by atoms with Gasteiger partial charge in [-0.25, -0.2) is 4.98 Å². The number of halogens is 1. The van der Waals surface area contributed by atoms with Crippen LogP contribution >= 0.6 is 11.6 Å². The number of aryl methyl sites for hydroxylation is 1. The molecule has 1 amide bonds. The van der Waals surface area contributed by atoms with Crippen LogP contribution < -0.4 is 5.32 Å². The molecule has 2 heterocycles. The average Bonchev–Trinajstić information content (AvgIpc) is 2.80. The third kappa shape index (κ3) is 2.48. The minimum atomic E-state index is -0.0224. The zero-order chi connectivity index (χ0) is 13.3. The number of aromatic amines is 1. The Balaban J connectivity index is 2.08. The summed E-state index contributed by atoms with van der Waals surface area (Å²) in [5.41, 5.74) is 1.50. The summed E-state index contributed by atoms with van der Waals surface area (Å²) in [4.78, 5) is 15.2. The molecule has 0 aliphatic carbocycles. The van der Waals surface area contributed by atoms with E-state index in [0.717, 1.165) is 17.9 Å². The standard InChI is InChI=1S/C11H16ClN5O/c1-6(4-5-13-8(3)18)10-14-11-9(12)7(2)15-17(11)16-10/h6,15H,4-5H2,1-3H3,(H,13,18). The average molecular weight is 270 g/mol. The molecule has 0 aliphatic rings. The number of rotatable bonds is 4. The third-order valence-corrected chi connectivity index (χ3v) is 3.27. The van der Waals surface area contributed by atoms with E-state index in [1.54, 1.807) is 4.63 Å². The van der Waals surface area contributed by atoms with E-state index in [2.05, 4.69) is 20.5 Å². The first-order valence-electron chi connectivity index (χ1n) is 5.84. The smallest absolute Gasteiger partial charge is 0.216 e. The number of H-pyrrole nitrogens is 1. The van der Waals surface area contributed by atoms with Gasteiger partial charge in [-0.3, -0.25) is 9.89 Å². The quantitative estimate of drug-likeness (QED) is 0.886. The minimum Gasteiger partial charge on any atom is -0.356 e. The molecule has 2 aromatic rings. The van der Waals surface area contributed by atoms with Crippen LogP contribution in [0.25, 0.3) is 5.65 Å². The second-order valence-corrected chi connectivity index (χ2v) is 4.81. The zero-order valence-corrected chi connectivity index (χ0v) is 11.4. The van der Waals surface area contributed by atoms with Crippen LogP contribution in [0.5, 0.6) is 0 Å². The molecule has 2 aromatic heterocycles. The highest BCUT2D eigenvalue weighted by molar-refractivity contribution is 6.34. The Hall–Kier alpha value is -1.56. The topological polar surface area (TPSA) is 75.1 Å². The molecule has 0 aliphatic heterocycles. The molecule has 0 aromatic carbocycles. The fraction of sp³-hybridized carbons (Fsp3) is 0.545. The molecule has 6 nitrogen and oxygen atoms in total. The Labute approximate surface area is 110 Å². The van der Waals surface area contributed by atoms with Crippen LogP contribution in [0, 0.1) is 6.92 Å². The molecule has 0 spiro atoms. The van der Waals surface area contributed by atoms with Gasteiger partial charge in [0.15, 0.2) is 11.5 Å². The van der Waals surface area contributed by atoms with E-state index < -0.39 is 0 Å². The third-order valence-electron chi connectivity index (χ3n) is 2.81. The zero-order valence-electron chi connectivity index (χ0n) is 10.6. The Morgan fingerprint density at radius 3 is 2.94 bits per heavy atom. The van der Waals surface area contributed by atoms with Crippen molar-refractivity contribution >= 4 is 23.2 Å². The summed E-state index contributed by atoms with van der Waals surface area (Å²) in [6.45, 7) is 6.03. The normalized spacial score (nSPS) is 12.9. The highest BCUT2D eigenvalue weighted by Gasteiger charge is 2.16. The monoisotopic (exact) mass is 269 g/mol. The van der Waals surface area contributed by atoms with E-state index in [1.807, 2.05) is 13.8 Å². The van der Waals surface area contributed by atoms with Gasteiger partial charge in [0.05, 0.1) is 5.69 Å². The van der Waals surface area contributed by atoms with Crippen LogP contribution in [-0.4, -0.2) is 32.3 Å². The number of hydrogen-bond acceptors (Lipinski definition) is 3. The number of nitrogens with one attached hydrogen (secondary N) is 2. The summed E-state index contributed by atoms with van der Waals surface area (Å²) >= 11 is 6.09. The Bertz CT molecular complexity index is 573. The lowest BCUT2D eigenvalue weighted by Crippen LogP contribution is -2.22. The molecule has 0 fully saturated rings. The summed E-state index contributed by atoms with van der Waals surface area (Å²) in [6, 6.07) is 0. The van der Waals surface area contributed by atoms with Crippen LogP contribution in [0.15, 0.2) is 0 Å². The number of hydrogen-bond donors (Lipinski definition) is 2. The van der Waals surface area contributed by atoms with Crippen molar-refractivity contribution in [3.8, 4) is 0 Å². The lowest BCUT2D eigenvalue weighted by molar-refractivity contribution is -0.118. The summed E-state index contributed by atoms with van der Waals surface area (Å²) in [5, 5.41) is 10.7. The van der Waals surface area contributed by atoms with Gasteiger partial charge in [0.1, 0.15) is 5.02 Å². The first kappa shape index (κ1) is 12.9. The van der Waals surface area contributed by atoms with Gasteiger partial charge in [0.25, 0.3) is 0 Å². The van der Waals surface area contributed by atoms with E-state index in [4.69, 9.17) is 11.6 Å². The molecule has 0 radical (unpaired) electrons. The molecule has 2 N–H and O–H groups in total. The molecule has 7 heteroatoms. The van der Waals surface area contributed by atoms with Crippen LogP contribution in [-0.2, 0) is 4.79 Å². The molecule has 18 heavy (non-hydrogen) atoms. The van der Waals surface area contributed by atoms with Crippen molar-refractivity contribution in [1.29, 1.82) is 0 Å². The first-order chi connectivity index (χ1) is 8.49. The van der Waals surface area contributed by atoms with Gasteiger partial charge in [-0.2, -0.15) is 4.63 Å². The van der Waals surface area contributed by atoms with Crippen molar-refractivity contribution in [2.24, 2.45) is 0 Å². The number of nitrogens with zero attached hydrogens (tertiary/aromatic N) is 3. The molecule has 0 bridgehead atoms. The summed E-state index contributed by atoms with van der Waals surface area (Å²) in [7, 11) is 0. The molecule has 1 atom stereocenters. The Morgan fingerprint density at radius 2 is 2.33 bits per heavy atom. The van der Waals surface area contributed by atoms with Crippen molar-refractivity contribution in [2.45, 2.75) is 33.1 Å². The van der Waals surface area contributed by atoms with Crippen molar-refractivity contribution in [3.63, 3.8) is 0 Å². The van der Waals surface area contributed by atoms with E-state index in [-0.39, 0.29) is 11.8 Å². The van der Waals surface area contributed by atoms with Crippen LogP contribution in [0.4, 0.5) is 0 Å². The number of carbonyl (C=O) groups excluding carboxylic acids is 1. The number of amides is 1. The molecule has 2 rings (SSSR count). The van der Waals surface area contributed by atoms with Crippen LogP contribution in [0.2, 0.25) is 5.02 Å². The molecular weight excluding hydrogens is 254 g/mol. The molecule has 1 unspecified atom stereocenters. The van der Waals surface area contributed by atoms with Crippen molar-refractivity contribution in [3.05, 3.63) is 16.5 Å². The van der Waals surface area contributed by atoms with E-state index in [1.165, 1.54) is 6.92 Å². The summed E-state index contributed by atoms with van der Waals surface area (Å²) in [5.74, 6) is 0.876. The molecular formula is C11H16ClN5O. The molecule has 98 valence electrons. The second-order valence-electron chi connectivity index (χ2n) is 4.43.